The monoisotopic (exact) mass is 1030 g/mol. The summed E-state index contributed by atoms with van der Waals surface area (Å²) in [6, 6.07) is 0. The molecule has 0 aliphatic carbocycles. The molecule has 1 fully saturated rings. The van der Waals surface area contributed by atoms with Crippen molar-refractivity contribution in [1.82, 2.24) is 30.2 Å². The first-order valence-corrected chi connectivity index (χ1v) is 27.5. The summed E-state index contributed by atoms with van der Waals surface area (Å²) in [6.07, 6.45) is 12.7. The molecule has 0 spiro atoms. The maximum atomic E-state index is 12.6. The number of amides is 2. The zero-order valence-electron chi connectivity index (χ0n) is 38.0. The van der Waals surface area contributed by atoms with Crippen molar-refractivity contribution >= 4 is 69.1 Å². The normalized spacial score (nSPS) is 20.2. The van der Waals surface area contributed by atoms with Crippen molar-refractivity contribution in [3.8, 4) is 0 Å². The molecule has 1 aliphatic heterocycles. The highest BCUT2D eigenvalue weighted by Gasteiger charge is 2.47. The molecule has 7 atom stereocenters. The van der Waals surface area contributed by atoms with Crippen LogP contribution >= 0.6 is 35.2 Å². The number of aliphatic hydroxyl groups is 2. The van der Waals surface area contributed by atoms with E-state index in [2.05, 4.69) is 62.5 Å². The number of nitrogens with two attached hydrogens (primary N) is 1. The number of aliphatic hydroxyl groups excluding tert-OH is 2. The van der Waals surface area contributed by atoms with E-state index in [1.165, 1.54) is 65.2 Å². The minimum atomic E-state index is -5.92. The molecular weight excluding hydrogens is 963 g/mol. The van der Waals surface area contributed by atoms with Crippen molar-refractivity contribution in [3.05, 3.63) is 24.8 Å². The quantitative estimate of drug-likeness (QED) is 0.0381. The number of anilines is 1. The van der Waals surface area contributed by atoms with Gasteiger partial charge in [-0.15, -0.1) is 0 Å². The third kappa shape index (κ3) is 21.9. The number of imidazole rings is 1. The lowest BCUT2D eigenvalue weighted by molar-refractivity contribution is -0.347. The van der Waals surface area contributed by atoms with Crippen LogP contribution in [0, 0.1) is 5.41 Å². The fourth-order valence-electron chi connectivity index (χ4n) is 6.68. The van der Waals surface area contributed by atoms with Gasteiger partial charge >= 0.3 is 0 Å². The number of thioether (sulfide) groups is 1. The van der Waals surface area contributed by atoms with Crippen LogP contribution in [0.15, 0.2) is 24.8 Å². The molecule has 0 aromatic carbocycles. The Labute approximate surface area is 394 Å². The van der Waals surface area contributed by atoms with E-state index in [0.29, 0.717) is 12.2 Å². The van der Waals surface area contributed by atoms with Crippen LogP contribution in [-0.2, 0) is 50.7 Å². The maximum Gasteiger partial charge on any atom is 0.274 e. The second kappa shape index (κ2) is 28.8. The molecule has 6 N–H and O–H groups in total. The number of hydrogen-bond donors (Lipinski definition) is 5. The Morgan fingerprint density at radius 3 is 2.19 bits per heavy atom. The number of aromatic nitrogens is 4. The molecule has 2 aromatic heterocycles. The zero-order chi connectivity index (χ0) is 49.7. The van der Waals surface area contributed by atoms with Gasteiger partial charge in [-0.25, -0.2) is 19.3 Å². The highest BCUT2D eigenvalue weighted by atomic mass is 32.2. The lowest BCUT2D eigenvalue weighted by Crippen LogP contribution is -2.46. The molecule has 2 amide bonds. The molecule has 0 saturated carbocycles. The highest BCUT2D eigenvalue weighted by Crippen LogP contribution is 2.56. The lowest BCUT2D eigenvalue weighted by atomic mass is 9.87. The highest BCUT2D eigenvalue weighted by molar-refractivity contribution is 8.13. The Hall–Kier alpha value is -2.70. The van der Waals surface area contributed by atoms with Crippen molar-refractivity contribution in [2.24, 2.45) is 5.41 Å². The van der Waals surface area contributed by atoms with Crippen LogP contribution in [0.2, 0.25) is 0 Å². The second-order valence-corrected chi connectivity index (χ2v) is 21.8. The molecular formula is C39H64N7O17P3S-4. The summed E-state index contributed by atoms with van der Waals surface area (Å²) >= 11 is 1.13. The molecule has 0 bridgehead atoms. The average Bonchev–Trinajstić information content (AvgIpc) is 3.81. The predicted octanol–water partition coefficient (Wildman–Crippen LogP) is 2.17. The van der Waals surface area contributed by atoms with Gasteiger partial charge in [0.15, 0.2) is 22.8 Å². The number of ether oxygens (including phenoxy) is 1. The van der Waals surface area contributed by atoms with Gasteiger partial charge < -0.3 is 69.0 Å². The maximum absolute atomic E-state index is 12.6. The van der Waals surface area contributed by atoms with Crippen LogP contribution in [0.5, 0.6) is 0 Å². The zero-order valence-corrected chi connectivity index (χ0v) is 41.5. The van der Waals surface area contributed by atoms with E-state index in [0.717, 1.165) is 61.1 Å². The number of hydrogen-bond acceptors (Lipinski definition) is 22. The number of unbranched alkanes of at least 4 members (excludes halogenated alkanes) is 11. The largest absolute Gasteiger partial charge is 0.790 e. The molecule has 2 unspecified atom stereocenters. The summed E-state index contributed by atoms with van der Waals surface area (Å²) < 4.78 is 60.8. The van der Waals surface area contributed by atoms with Crippen molar-refractivity contribution in [2.45, 2.75) is 148 Å². The van der Waals surface area contributed by atoms with Crippen molar-refractivity contribution in [2.75, 3.05) is 37.8 Å². The van der Waals surface area contributed by atoms with Gasteiger partial charge in [-0.1, -0.05) is 96.1 Å². The summed E-state index contributed by atoms with van der Waals surface area (Å²) in [5.41, 5.74) is 4.09. The number of nitrogen functional groups attached to an aromatic ring is 1. The Bertz CT molecular complexity index is 2040. The minimum Gasteiger partial charge on any atom is -0.790 e. The van der Waals surface area contributed by atoms with Gasteiger partial charge in [0.05, 0.1) is 27.4 Å². The molecule has 382 valence electrons. The third-order valence-corrected chi connectivity index (χ3v) is 14.3. The molecule has 1 aliphatic rings. The van der Waals surface area contributed by atoms with Crippen molar-refractivity contribution < 1.29 is 80.5 Å². The number of fused-ring (bicyclic) bond motifs is 1. The third-order valence-electron chi connectivity index (χ3n) is 10.4. The molecule has 67 heavy (non-hydrogen) atoms. The fourth-order valence-corrected chi connectivity index (χ4v) is 10.1. The molecule has 3 rings (SSSR count). The first-order valence-electron chi connectivity index (χ1n) is 22.2. The summed E-state index contributed by atoms with van der Waals surface area (Å²) in [5.74, 6) is -1.15. The van der Waals surface area contributed by atoms with Crippen molar-refractivity contribution in [3.63, 3.8) is 0 Å². The summed E-state index contributed by atoms with van der Waals surface area (Å²) in [5, 5.41) is 26.5. The predicted molar refractivity (Wildman–Crippen MR) is 238 cm³/mol. The van der Waals surface area contributed by atoms with E-state index >= 15 is 0 Å². The second-order valence-electron chi connectivity index (χ2n) is 16.5. The Morgan fingerprint density at radius 2 is 1.54 bits per heavy atom. The van der Waals surface area contributed by atoms with E-state index in [1.54, 1.807) is 0 Å². The van der Waals surface area contributed by atoms with Gasteiger partial charge in [0.1, 0.15) is 36.3 Å². The summed E-state index contributed by atoms with van der Waals surface area (Å²) in [6.45, 7) is 2.39. The lowest BCUT2D eigenvalue weighted by Gasteiger charge is -2.36. The first kappa shape index (κ1) is 58.6. The van der Waals surface area contributed by atoms with Crippen LogP contribution < -0.4 is 35.9 Å². The van der Waals surface area contributed by atoms with Crippen LogP contribution in [0.4, 0.5) is 5.82 Å². The standard InChI is InChI=1S/C39H68N7O17P3S/c1-4-5-6-7-8-9-10-11-12-13-14-15-16-17-18-19-30(48)67-23-22-41-29(47)20-21-42-37(51)34(50)39(2,3)25-60-66(57,58)63-65(55,56)59-24-28-33(62-64(52,53)54)32(49)38(61-28)46-27-45-31-35(40)43-26-44-36(31)46/h13-14,26-28,32-34,38,49-50H,4-12,15-25H2,1-3H3,(H,41,47)(H,42,51)(H,55,56)(H,57,58)(H2,40,43,44)(H2,52,53,54)/p-4/b14-13-/t28-,32-,33-,34+,38-/m1/s1. The topological polar surface area (TPSA) is 375 Å². The molecule has 3 heterocycles. The van der Waals surface area contributed by atoms with E-state index in [4.69, 9.17) is 10.5 Å². The fraction of sp³-hybridized carbons (Fsp3) is 0.744. The Morgan fingerprint density at radius 1 is 0.910 bits per heavy atom. The van der Waals surface area contributed by atoms with Crippen LogP contribution in [0.1, 0.15) is 123 Å². The van der Waals surface area contributed by atoms with Gasteiger partial charge in [-0.2, -0.15) is 0 Å². The molecule has 2 aromatic rings. The number of rotatable bonds is 34. The van der Waals surface area contributed by atoms with Gasteiger partial charge in [0.2, 0.25) is 11.8 Å². The number of phosphoric acid groups is 3. The molecule has 28 heteroatoms. The van der Waals surface area contributed by atoms with E-state index < -0.39 is 84.6 Å². The molecule has 24 nitrogen and oxygen atoms in total. The van der Waals surface area contributed by atoms with Crippen LogP contribution in [0.3, 0.4) is 0 Å². The van der Waals surface area contributed by atoms with Gasteiger partial charge in [0, 0.05) is 37.1 Å². The van der Waals surface area contributed by atoms with Crippen LogP contribution in [0.25, 0.3) is 11.2 Å². The Kier molecular flexibility index (Phi) is 25.2. The van der Waals surface area contributed by atoms with Gasteiger partial charge in [0.25, 0.3) is 15.6 Å². The summed E-state index contributed by atoms with van der Waals surface area (Å²) in [7, 11) is -17.6. The number of phosphoric ester groups is 3. The van der Waals surface area contributed by atoms with E-state index in [9.17, 15) is 57.9 Å². The number of nitrogens with one attached hydrogen (secondary N) is 2. The first-order chi connectivity index (χ1) is 31.6. The van der Waals surface area contributed by atoms with E-state index in [-0.39, 0.29) is 41.6 Å². The number of allylic oxidation sites excluding steroid dienone is 2. The summed E-state index contributed by atoms with van der Waals surface area (Å²) in [4.78, 5) is 96.8. The Balaban J connectivity index is 1.31. The van der Waals surface area contributed by atoms with Crippen molar-refractivity contribution in [1.29, 1.82) is 0 Å². The molecule has 0 radical (unpaired) electrons. The van der Waals surface area contributed by atoms with Crippen LogP contribution in [-0.4, -0.2) is 103 Å². The van der Waals surface area contributed by atoms with Gasteiger partial charge in [-0.05, 0) is 32.1 Å². The number of carbonyl (C=O) groups is 3. The SMILES string of the molecule is CCCCCCCCCC/C=C\CCCCCC(=O)SCCNC(=O)CCNC(=O)[C@H](O)C(C)(C)COP(=O)([O-])OP(=O)([O-])OC[C@H]1O[C@@H](n2cnc3c(N)ncnc32)[C@H](O)[C@@H]1OP(=O)([O-])[O-]. The number of nitrogens with zero attached hydrogens (tertiary/aromatic N) is 4. The number of carbonyl (C=O) groups excluding carboxylic acids is 3. The smallest absolute Gasteiger partial charge is 0.274 e. The van der Waals surface area contributed by atoms with E-state index in [1.807, 2.05) is 0 Å². The van der Waals surface area contributed by atoms with Gasteiger partial charge in [-0.3, -0.25) is 28.1 Å². The average molecular weight is 1030 g/mol. The molecule has 1 saturated heterocycles. The minimum absolute atomic E-state index is 0.0189.